The van der Waals surface area contributed by atoms with Gasteiger partial charge in [-0.15, -0.1) is 0 Å². The predicted octanol–water partition coefficient (Wildman–Crippen LogP) is 1.47. The quantitative estimate of drug-likeness (QED) is 0.865. The van der Waals surface area contributed by atoms with Crippen LogP contribution in [-0.4, -0.2) is 24.5 Å². The highest BCUT2D eigenvalue weighted by Gasteiger charge is 2.23. The molecule has 8 heteroatoms. The molecule has 112 valence electrons. The number of furan rings is 1. The van der Waals surface area contributed by atoms with E-state index in [1.54, 1.807) is 18.3 Å². The van der Waals surface area contributed by atoms with Crippen LogP contribution in [0.4, 0.5) is 0 Å². The largest absolute Gasteiger partial charge is 0.475 e. The first-order valence-electron chi connectivity index (χ1n) is 6.04. The molecule has 0 atom stereocenters. The van der Waals surface area contributed by atoms with Gasteiger partial charge >= 0.3 is 5.97 Å². The van der Waals surface area contributed by atoms with Crippen molar-refractivity contribution in [2.75, 3.05) is 0 Å². The Bertz CT molecular complexity index is 762. The van der Waals surface area contributed by atoms with Crippen LogP contribution in [0.3, 0.4) is 0 Å². The topological polar surface area (TPSA) is 110 Å². The van der Waals surface area contributed by atoms with Crippen molar-refractivity contribution in [2.24, 2.45) is 0 Å². The molecular formula is C13H14N2O5S. The van der Waals surface area contributed by atoms with Crippen LogP contribution < -0.4 is 4.72 Å². The number of pyridine rings is 1. The molecule has 0 saturated heterocycles. The number of nitrogens with zero attached hydrogens (tertiary/aromatic N) is 1. The van der Waals surface area contributed by atoms with Crippen molar-refractivity contribution in [1.82, 2.24) is 9.71 Å². The van der Waals surface area contributed by atoms with E-state index in [1.807, 2.05) is 6.92 Å². The smallest absolute Gasteiger partial charge is 0.371 e. The van der Waals surface area contributed by atoms with Crippen LogP contribution in [0.5, 0.6) is 0 Å². The lowest BCUT2D eigenvalue weighted by Gasteiger charge is -2.05. The minimum absolute atomic E-state index is 0.0296. The number of rotatable bonds is 5. The first kappa shape index (κ1) is 15.2. The third-order valence-corrected chi connectivity index (χ3v) is 4.32. The molecule has 0 bridgehead atoms. The summed E-state index contributed by atoms with van der Waals surface area (Å²) >= 11 is 0. The van der Waals surface area contributed by atoms with Gasteiger partial charge in [-0.3, -0.25) is 4.98 Å². The fourth-order valence-electron chi connectivity index (χ4n) is 1.70. The van der Waals surface area contributed by atoms with Crippen molar-refractivity contribution >= 4 is 16.0 Å². The number of aryl methyl sites for hydroxylation is 2. The van der Waals surface area contributed by atoms with E-state index in [-0.39, 0.29) is 17.2 Å². The monoisotopic (exact) mass is 310 g/mol. The molecule has 0 aliphatic rings. The van der Waals surface area contributed by atoms with Gasteiger partial charge in [0, 0.05) is 24.5 Å². The van der Waals surface area contributed by atoms with E-state index >= 15 is 0 Å². The second-order valence-corrected chi connectivity index (χ2v) is 6.20. The van der Waals surface area contributed by atoms with E-state index in [4.69, 9.17) is 9.52 Å². The third-order valence-electron chi connectivity index (χ3n) is 2.81. The van der Waals surface area contributed by atoms with Gasteiger partial charge in [-0.25, -0.2) is 17.9 Å². The summed E-state index contributed by atoms with van der Waals surface area (Å²) in [5.74, 6) is -1.70. The van der Waals surface area contributed by atoms with Crippen LogP contribution in [0, 0.1) is 13.8 Å². The van der Waals surface area contributed by atoms with Gasteiger partial charge in [-0.05, 0) is 25.5 Å². The van der Waals surface area contributed by atoms with Crippen LogP contribution in [0.2, 0.25) is 0 Å². The van der Waals surface area contributed by atoms with Gasteiger partial charge in [-0.2, -0.15) is 0 Å². The normalized spacial score (nSPS) is 11.5. The summed E-state index contributed by atoms with van der Waals surface area (Å²) in [4.78, 5) is 14.7. The van der Waals surface area contributed by atoms with Gasteiger partial charge < -0.3 is 9.52 Å². The Morgan fingerprint density at radius 1 is 1.38 bits per heavy atom. The zero-order valence-electron chi connectivity index (χ0n) is 11.5. The minimum atomic E-state index is -3.85. The number of hydrogen-bond acceptors (Lipinski definition) is 5. The molecule has 0 radical (unpaired) electrons. The van der Waals surface area contributed by atoms with E-state index in [2.05, 4.69) is 9.71 Å². The average molecular weight is 310 g/mol. The Labute approximate surface area is 121 Å². The lowest BCUT2D eigenvalue weighted by atomic mass is 10.2. The summed E-state index contributed by atoms with van der Waals surface area (Å²) in [6, 6.07) is 4.53. The molecule has 2 heterocycles. The van der Waals surface area contributed by atoms with Crippen molar-refractivity contribution in [1.29, 1.82) is 0 Å². The van der Waals surface area contributed by atoms with E-state index in [9.17, 15) is 13.2 Å². The summed E-state index contributed by atoms with van der Waals surface area (Å²) < 4.78 is 31.6. The second kappa shape index (κ2) is 5.66. The molecule has 0 fully saturated rings. The van der Waals surface area contributed by atoms with Crippen LogP contribution >= 0.6 is 0 Å². The molecule has 0 aliphatic carbocycles. The van der Waals surface area contributed by atoms with Crippen molar-refractivity contribution in [3.8, 4) is 0 Å². The zero-order chi connectivity index (χ0) is 15.6. The molecule has 2 rings (SSSR count). The second-order valence-electron chi connectivity index (χ2n) is 4.47. The van der Waals surface area contributed by atoms with Crippen LogP contribution in [-0.2, 0) is 16.6 Å². The van der Waals surface area contributed by atoms with E-state index in [1.165, 1.54) is 6.92 Å². The van der Waals surface area contributed by atoms with Crippen LogP contribution in [0.1, 0.15) is 27.6 Å². The van der Waals surface area contributed by atoms with Gasteiger partial charge in [0.05, 0.1) is 0 Å². The Hall–Kier alpha value is -2.19. The van der Waals surface area contributed by atoms with Gasteiger partial charge in [0.15, 0.2) is 0 Å². The molecule has 2 aromatic heterocycles. The molecule has 0 unspecified atom stereocenters. The maximum Gasteiger partial charge on any atom is 0.371 e. The molecule has 21 heavy (non-hydrogen) atoms. The number of carbonyl (C=O) groups is 1. The van der Waals surface area contributed by atoms with E-state index < -0.39 is 21.8 Å². The maximum atomic E-state index is 12.1. The predicted molar refractivity (Wildman–Crippen MR) is 73.4 cm³/mol. The number of hydrogen-bond donors (Lipinski definition) is 2. The molecule has 2 N–H and O–H groups in total. The highest BCUT2D eigenvalue weighted by Crippen LogP contribution is 2.20. The summed E-state index contributed by atoms with van der Waals surface area (Å²) in [5, 5.41) is 8.80. The standard InChI is InChI=1S/C13H14N2O5S/c1-8-3-4-10(6-14-8)7-15-21(18,19)12-5-11(13(16)17)20-9(12)2/h3-6,15H,7H2,1-2H3,(H,16,17). The molecule has 2 aromatic rings. The van der Waals surface area contributed by atoms with Crippen molar-refractivity contribution in [3.63, 3.8) is 0 Å². The van der Waals surface area contributed by atoms with Crippen LogP contribution in [0.15, 0.2) is 33.7 Å². The fourth-order valence-corrected chi connectivity index (χ4v) is 2.89. The molecule has 0 amide bonds. The third kappa shape index (κ3) is 3.47. The van der Waals surface area contributed by atoms with Crippen molar-refractivity contribution < 1.29 is 22.7 Å². The molecule has 0 saturated carbocycles. The van der Waals surface area contributed by atoms with Gasteiger partial charge in [0.25, 0.3) is 0 Å². The van der Waals surface area contributed by atoms with E-state index in [0.717, 1.165) is 11.8 Å². The molecule has 0 aliphatic heterocycles. The van der Waals surface area contributed by atoms with Crippen molar-refractivity contribution in [2.45, 2.75) is 25.3 Å². The van der Waals surface area contributed by atoms with Gasteiger partial charge in [0.2, 0.25) is 15.8 Å². The molecular weight excluding hydrogens is 296 g/mol. The number of aromatic nitrogens is 1. The lowest BCUT2D eigenvalue weighted by molar-refractivity contribution is 0.0661. The maximum absolute atomic E-state index is 12.1. The summed E-state index contributed by atoms with van der Waals surface area (Å²) in [7, 11) is -3.85. The highest BCUT2D eigenvalue weighted by atomic mass is 32.2. The first-order valence-corrected chi connectivity index (χ1v) is 7.53. The average Bonchev–Trinajstić information content (AvgIpc) is 2.81. The van der Waals surface area contributed by atoms with Gasteiger partial charge in [-0.1, -0.05) is 6.07 Å². The van der Waals surface area contributed by atoms with E-state index in [0.29, 0.717) is 5.56 Å². The summed E-state index contributed by atoms with van der Waals surface area (Å²) in [5.41, 5.74) is 1.53. The zero-order valence-corrected chi connectivity index (χ0v) is 12.3. The summed E-state index contributed by atoms with van der Waals surface area (Å²) in [6.45, 7) is 3.29. The SMILES string of the molecule is Cc1ccc(CNS(=O)(=O)c2cc(C(=O)O)oc2C)cn1. The lowest BCUT2D eigenvalue weighted by Crippen LogP contribution is -2.23. The Kier molecular flexibility index (Phi) is 4.10. The minimum Gasteiger partial charge on any atom is -0.475 e. The first-order chi connectivity index (χ1) is 9.79. The Morgan fingerprint density at radius 2 is 2.10 bits per heavy atom. The Morgan fingerprint density at radius 3 is 2.62 bits per heavy atom. The number of sulfonamides is 1. The molecule has 0 spiro atoms. The van der Waals surface area contributed by atoms with Crippen LogP contribution in [0.25, 0.3) is 0 Å². The molecule has 7 nitrogen and oxygen atoms in total. The number of aromatic carboxylic acids is 1. The Balaban J connectivity index is 2.18. The molecule has 0 aromatic carbocycles. The van der Waals surface area contributed by atoms with Gasteiger partial charge in [0.1, 0.15) is 10.7 Å². The number of nitrogens with one attached hydrogen (secondary N) is 1. The van der Waals surface area contributed by atoms with Crippen molar-refractivity contribution in [3.05, 3.63) is 47.2 Å². The summed E-state index contributed by atoms with van der Waals surface area (Å²) in [6.07, 6.45) is 1.57. The fraction of sp³-hybridized carbons (Fsp3) is 0.231. The number of carboxylic acids is 1. The number of carboxylic acid groups (broad SMARTS) is 1. The highest BCUT2D eigenvalue weighted by molar-refractivity contribution is 7.89.